The average molecular weight is 204 g/mol. The van der Waals surface area contributed by atoms with Crippen molar-refractivity contribution in [2.45, 2.75) is 27.2 Å². The lowest BCUT2D eigenvalue weighted by atomic mass is 9.87. The van der Waals surface area contributed by atoms with Crippen LogP contribution in [0.5, 0.6) is 0 Å². The first kappa shape index (κ1) is 11.6. The van der Waals surface area contributed by atoms with E-state index in [-0.39, 0.29) is 17.6 Å². The highest BCUT2D eigenvalue weighted by Crippen LogP contribution is 2.18. The van der Waals surface area contributed by atoms with Crippen LogP contribution in [0.3, 0.4) is 0 Å². The minimum Gasteiger partial charge on any atom is -0.304 e. The van der Waals surface area contributed by atoms with Crippen LogP contribution in [0.4, 0.5) is 0 Å². The van der Waals surface area contributed by atoms with Crippen LogP contribution in [0, 0.1) is 10.8 Å². The molecule has 3 nitrogen and oxygen atoms in total. The highest BCUT2D eigenvalue weighted by molar-refractivity contribution is 6.10. The van der Waals surface area contributed by atoms with Gasteiger partial charge in [-0.05, 0) is 6.07 Å². The average Bonchev–Trinajstić information content (AvgIpc) is 2.17. The third-order valence-corrected chi connectivity index (χ3v) is 2.18. The molecular formula is C12H16N2O. The summed E-state index contributed by atoms with van der Waals surface area (Å²) in [7, 11) is 0. The fourth-order valence-electron chi connectivity index (χ4n) is 1.07. The van der Waals surface area contributed by atoms with Crippen LogP contribution in [0.15, 0.2) is 24.5 Å². The van der Waals surface area contributed by atoms with Crippen LogP contribution < -0.4 is 0 Å². The van der Waals surface area contributed by atoms with Gasteiger partial charge >= 0.3 is 0 Å². The molecule has 3 heteroatoms. The molecule has 0 unspecified atom stereocenters. The predicted molar refractivity (Wildman–Crippen MR) is 60.1 cm³/mol. The van der Waals surface area contributed by atoms with E-state index in [4.69, 9.17) is 5.41 Å². The van der Waals surface area contributed by atoms with Crippen LogP contribution >= 0.6 is 0 Å². The minimum absolute atomic E-state index is 0.0800. The summed E-state index contributed by atoms with van der Waals surface area (Å²) in [5.41, 5.74) is 0.673. The zero-order valence-corrected chi connectivity index (χ0v) is 9.37. The van der Waals surface area contributed by atoms with E-state index >= 15 is 0 Å². The molecule has 0 radical (unpaired) electrons. The largest absolute Gasteiger partial charge is 0.304 e. The second-order valence-corrected chi connectivity index (χ2v) is 4.57. The van der Waals surface area contributed by atoms with Crippen molar-refractivity contribution >= 4 is 11.5 Å². The number of aromatic nitrogens is 1. The van der Waals surface area contributed by atoms with Crippen molar-refractivity contribution < 1.29 is 4.79 Å². The Balaban J connectivity index is 2.70. The molecule has 0 aliphatic rings. The number of hydrogen-bond acceptors (Lipinski definition) is 3. The maximum Gasteiger partial charge on any atom is 0.144 e. The Kier molecular flexibility index (Phi) is 3.35. The third kappa shape index (κ3) is 3.27. The topological polar surface area (TPSA) is 53.8 Å². The number of nitrogens with one attached hydrogen (secondary N) is 1. The summed E-state index contributed by atoms with van der Waals surface area (Å²) in [6.45, 7) is 5.60. The number of carbonyl (C=O) groups is 1. The van der Waals surface area contributed by atoms with E-state index in [1.165, 1.54) is 0 Å². The summed E-state index contributed by atoms with van der Waals surface area (Å²) in [6.07, 6.45) is 3.44. The number of Topliss-reactive ketones (excluding diaryl/α,β-unsaturated/α-hetero) is 1. The lowest BCUT2D eigenvalue weighted by Crippen LogP contribution is -2.23. The van der Waals surface area contributed by atoms with E-state index in [1.54, 1.807) is 24.5 Å². The highest BCUT2D eigenvalue weighted by atomic mass is 16.1. The van der Waals surface area contributed by atoms with Gasteiger partial charge in [0.05, 0.1) is 0 Å². The molecule has 1 rings (SSSR count). The Labute approximate surface area is 90.1 Å². The number of ketones is 1. The standard InChI is InChI=1S/C12H16N2O/c1-12(2,3)11(15)7-10(13)9-5-4-6-14-8-9/h4-6,8,13H,7H2,1-3H3. The molecule has 0 saturated carbocycles. The molecule has 0 bridgehead atoms. The predicted octanol–water partition coefficient (Wildman–Crippen LogP) is 2.45. The summed E-state index contributed by atoms with van der Waals surface area (Å²) in [4.78, 5) is 15.6. The van der Waals surface area contributed by atoms with Gasteiger partial charge in [0.1, 0.15) is 5.78 Å². The summed E-state index contributed by atoms with van der Waals surface area (Å²) >= 11 is 0. The smallest absolute Gasteiger partial charge is 0.144 e. The SMILES string of the molecule is CC(C)(C)C(=O)CC(=N)c1cccnc1. The van der Waals surface area contributed by atoms with Crippen LogP contribution in [-0.2, 0) is 4.79 Å². The Hall–Kier alpha value is -1.51. The van der Waals surface area contributed by atoms with E-state index in [2.05, 4.69) is 4.98 Å². The Morgan fingerprint density at radius 1 is 1.47 bits per heavy atom. The van der Waals surface area contributed by atoms with Crippen molar-refractivity contribution in [3.63, 3.8) is 0 Å². The molecule has 15 heavy (non-hydrogen) atoms. The van der Waals surface area contributed by atoms with Crippen molar-refractivity contribution in [3.8, 4) is 0 Å². The Morgan fingerprint density at radius 2 is 2.13 bits per heavy atom. The van der Waals surface area contributed by atoms with Crippen molar-refractivity contribution in [1.29, 1.82) is 5.41 Å². The molecule has 0 amide bonds. The first-order valence-electron chi connectivity index (χ1n) is 4.92. The van der Waals surface area contributed by atoms with Gasteiger partial charge in [0.15, 0.2) is 0 Å². The number of pyridine rings is 1. The monoisotopic (exact) mass is 204 g/mol. The minimum atomic E-state index is -0.380. The van der Waals surface area contributed by atoms with Gasteiger partial charge in [0.2, 0.25) is 0 Å². The zero-order chi connectivity index (χ0) is 11.5. The first-order chi connectivity index (χ1) is 6.91. The van der Waals surface area contributed by atoms with Crippen LogP contribution in [0.1, 0.15) is 32.8 Å². The van der Waals surface area contributed by atoms with Crippen molar-refractivity contribution in [2.75, 3.05) is 0 Å². The molecule has 1 aromatic heterocycles. The fourth-order valence-corrected chi connectivity index (χ4v) is 1.07. The molecule has 80 valence electrons. The Bertz CT molecular complexity index is 363. The van der Waals surface area contributed by atoms with E-state index in [0.29, 0.717) is 5.71 Å². The van der Waals surface area contributed by atoms with Crippen LogP contribution in [-0.4, -0.2) is 16.5 Å². The summed E-state index contributed by atoms with van der Waals surface area (Å²) in [6, 6.07) is 3.57. The van der Waals surface area contributed by atoms with Crippen LogP contribution in [0.25, 0.3) is 0 Å². The molecule has 0 aromatic carbocycles. The molecule has 0 spiro atoms. The van der Waals surface area contributed by atoms with Crippen molar-refractivity contribution in [1.82, 2.24) is 4.98 Å². The highest BCUT2D eigenvalue weighted by Gasteiger charge is 2.22. The maximum absolute atomic E-state index is 11.7. The third-order valence-electron chi connectivity index (χ3n) is 2.18. The van der Waals surface area contributed by atoms with Gasteiger partial charge in [0, 0.05) is 35.5 Å². The summed E-state index contributed by atoms with van der Waals surface area (Å²) < 4.78 is 0. The van der Waals surface area contributed by atoms with Gasteiger partial charge in [0.25, 0.3) is 0 Å². The van der Waals surface area contributed by atoms with E-state index in [9.17, 15) is 4.79 Å². The molecule has 0 aliphatic heterocycles. The molecule has 1 N–H and O–H groups in total. The lowest BCUT2D eigenvalue weighted by Gasteiger charge is -2.16. The molecule has 0 atom stereocenters. The first-order valence-corrected chi connectivity index (χ1v) is 4.92. The quantitative estimate of drug-likeness (QED) is 0.769. The molecule has 0 aliphatic carbocycles. The van der Waals surface area contributed by atoms with Crippen molar-refractivity contribution in [3.05, 3.63) is 30.1 Å². The van der Waals surface area contributed by atoms with E-state index in [0.717, 1.165) is 5.56 Å². The van der Waals surface area contributed by atoms with Crippen molar-refractivity contribution in [2.24, 2.45) is 5.41 Å². The molecule has 1 heterocycles. The molecule has 0 fully saturated rings. The number of nitrogens with zero attached hydrogens (tertiary/aromatic N) is 1. The van der Waals surface area contributed by atoms with Gasteiger partial charge in [-0.15, -0.1) is 0 Å². The number of carbonyl (C=O) groups excluding carboxylic acids is 1. The number of rotatable bonds is 3. The number of hydrogen-bond donors (Lipinski definition) is 1. The zero-order valence-electron chi connectivity index (χ0n) is 9.37. The molecule has 1 aromatic rings. The van der Waals surface area contributed by atoms with Gasteiger partial charge in [-0.25, -0.2) is 0 Å². The Morgan fingerprint density at radius 3 is 2.60 bits per heavy atom. The maximum atomic E-state index is 11.7. The second kappa shape index (κ2) is 4.34. The molecule has 0 saturated heterocycles. The fraction of sp³-hybridized carbons (Fsp3) is 0.417. The lowest BCUT2D eigenvalue weighted by molar-refractivity contribution is -0.125. The molecular weight excluding hydrogens is 188 g/mol. The summed E-state index contributed by atoms with van der Waals surface area (Å²) in [5, 5.41) is 7.78. The van der Waals surface area contributed by atoms with E-state index < -0.39 is 0 Å². The van der Waals surface area contributed by atoms with Gasteiger partial charge < -0.3 is 5.41 Å². The van der Waals surface area contributed by atoms with Gasteiger partial charge in [-0.3, -0.25) is 9.78 Å². The normalized spacial score (nSPS) is 11.1. The summed E-state index contributed by atoms with van der Waals surface area (Å²) in [5.74, 6) is 0.0800. The van der Waals surface area contributed by atoms with Gasteiger partial charge in [-0.2, -0.15) is 0 Å². The second-order valence-electron chi connectivity index (χ2n) is 4.57. The van der Waals surface area contributed by atoms with Crippen LogP contribution in [0.2, 0.25) is 0 Å². The van der Waals surface area contributed by atoms with Gasteiger partial charge in [-0.1, -0.05) is 26.8 Å². The van der Waals surface area contributed by atoms with E-state index in [1.807, 2.05) is 20.8 Å².